The van der Waals surface area contributed by atoms with Crippen molar-refractivity contribution in [3.8, 4) is 28.0 Å². The molecule has 0 bridgehead atoms. The van der Waals surface area contributed by atoms with Crippen molar-refractivity contribution in [2.45, 2.75) is 5.41 Å². The average molecular weight is 504 g/mol. The second-order valence-corrected chi connectivity index (χ2v) is 9.42. The maximum absolute atomic E-state index is 5.65. The Morgan fingerprint density at radius 1 is 0.586 bits per heavy atom. The van der Waals surface area contributed by atoms with Crippen LogP contribution in [-0.2, 0) is 5.41 Å². The number of hydrogen-bond acceptors (Lipinski definition) is 1. The van der Waals surface area contributed by atoms with E-state index in [1.807, 2.05) is 0 Å². The largest absolute Gasteiger partial charge is 0.497 e. The molecule has 0 heterocycles. The predicted molar refractivity (Wildman–Crippen MR) is 125 cm³/mol. The Hall–Kier alpha value is -2.36. The Morgan fingerprint density at radius 2 is 1.10 bits per heavy atom. The molecule has 0 aromatic heterocycles. The third-order valence-electron chi connectivity index (χ3n) is 6.31. The van der Waals surface area contributed by atoms with E-state index >= 15 is 0 Å². The molecule has 0 aliphatic heterocycles. The Balaban J connectivity index is 1.86. The van der Waals surface area contributed by atoms with Crippen molar-refractivity contribution in [3.63, 3.8) is 0 Å². The van der Waals surface area contributed by atoms with Crippen molar-refractivity contribution >= 4 is 31.9 Å². The molecule has 0 amide bonds. The molecule has 0 radical (unpaired) electrons. The van der Waals surface area contributed by atoms with Gasteiger partial charge in [-0.05, 0) is 80.9 Å². The summed E-state index contributed by atoms with van der Waals surface area (Å²) in [5, 5.41) is 0. The fraction of sp³-hybridized carbons (Fsp3) is 0.0769. The van der Waals surface area contributed by atoms with Crippen LogP contribution in [0.2, 0.25) is 0 Å². The Bertz CT molecular complexity index is 1270. The van der Waals surface area contributed by atoms with Crippen LogP contribution < -0.4 is 4.74 Å². The van der Waals surface area contributed by atoms with Crippen LogP contribution in [0, 0.1) is 0 Å². The molecule has 0 atom stereocenters. The normalized spacial score (nSPS) is 14.3. The monoisotopic (exact) mass is 502 g/mol. The molecule has 3 heteroatoms. The summed E-state index contributed by atoms with van der Waals surface area (Å²) in [4.78, 5) is 0. The number of fused-ring (bicyclic) bond motifs is 10. The lowest BCUT2D eigenvalue weighted by atomic mass is 9.70. The van der Waals surface area contributed by atoms with E-state index in [-0.39, 0.29) is 5.41 Å². The summed E-state index contributed by atoms with van der Waals surface area (Å²) < 4.78 is 7.83. The summed E-state index contributed by atoms with van der Waals surface area (Å²) in [5.74, 6) is 0.885. The second-order valence-electron chi connectivity index (χ2n) is 7.59. The van der Waals surface area contributed by atoms with E-state index in [1.165, 1.54) is 44.5 Å². The highest BCUT2D eigenvalue weighted by Gasteiger charge is 2.51. The molecule has 1 nitrogen and oxygen atoms in total. The number of ether oxygens (including phenoxy) is 1. The van der Waals surface area contributed by atoms with E-state index in [0.717, 1.165) is 14.7 Å². The van der Waals surface area contributed by atoms with Gasteiger partial charge in [-0.15, -0.1) is 0 Å². The summed E-state index contributed by atoms with van der Waals surface area (Å²) in [5.41, 5.74) is 10.1. The van der Waals surface area contributed by atoms with Gasteiger partial charge < -0.3 is 4.74 Å². The standard InChI is InChI=1S/C26H16Br2O/c1-29-17-8-11-21-18-4-2-3-5-22(18)26(25(21)14-17)23-12-15(27)6-9-19(23)20-10-7-16(28)13-24(20)26/h2-14H,1H3. The quantitative estimate of drug-likeness (QED) is 0.225. The van der Waals surface area contributed by atoms with Gasteiger partial charge in [0.15, 0.2) is 0 Å². The molecule has 0 N–H and O–H groups in total. The SMILES string of the molecule is COc1ccc2c(c1)C1(c3ccccc3-2)c2cc(Br)ccc2-c2ccc(Br)cc21. The summed E-state index contributed by atoms with van der Waals surface area (Å²) >= 11 is 7.46. The van der Waals surface area contributed by atoms with Crippen LogP contribution in [0.3, 0.4) is 0 Å². The van der Waals surface area contributed by atoms with Gasteiger partial charge in [0.1, 0.15) is 5.75 Å². The molecule has 0 unspecified atom stereocenters. The van der Waals surface area contributed by atoms with Gasteiger partial charge in [-0.25, -0.2) is 0 Å². The Kier molecular flexibility index (Phi) is 3.66. The number of methoxy groups -OCH3 is 1. The minimum absolute atomic E-state index is 0.349. The van der Waals surface area contributed by atoms with Gasteiger partial charge >= 0.3 is 0 Å². The highest BCUT2D eigenvalue weighted by atomic mass is 79.9. The maximum Gasteiger partial charge on any atom is 0.119 e. The van der Waals surface area contributed by atoms with E-state index in [2.05, 4.69) is 111 Å². The zero-order chi connectivity index (χ0) is 19.8. The fourth-order valence-corrected chi connectivity index (χ4v) is 5.96. The number of rotatable bonds is 1. The van der Waals surface area contributed by atoms with Crippen molar-refractivity contribution < 1.29 is 4.74 Å². The first-order valence-corrected chi connectivity index (χ1v) is 11.1. The Morgan fingerprint density at radius 3 is 1.72 bits per heavy atom. The summed E-state index contributed by atoms with van der Waals surface area (Å²) in [6, 6.07) is 28.6. The molecule has 0 saturated carbocycles. The number of halogens is 2. The van der Waals surface area contributed by atoms with Crippen molar-refractivity contribution in [3.05, 3.63) is 110 Å². The van der Waals surface area contributed by atoms with Gasteiger partial charge in [-0.2, -0.15) is 0 Å². The maximum atomic E-state index is 5.65. The fourth-order valence-electron chi connectivity index (χ4n) is 5.23. The summed E-state index contributed by atoms with van der Waals surface area (Å²) in [7, 11) is 1.74. The molecule has 6 rings (SSSR count). The van der Waals surface area contributed by atoms with Crippen molar-refractivity contribution in [2.75, 3.05) is 7.11 Å². The minimum Gasteiger partial charge on any atom is -0.497 e. The van der Waals surface area contributed by atoms with Gasteiger partial charge in [0.2, 0.25) is 0 Å². The van der Waals surface area contributed by atoms with Crippen molar-refractivity contribution in [2.24, 2.45) is 0 Å². The van der Waals surface area contributed by atoms with Crippen LogP contribution >= 0.6 is 31.9 Å². The smallest absolute Gasteiger partial charge is 0.119 e. The molecule has 0 saturated heterocycles. The van der Waals surface area contributed by atoms with E-state index in [4.69, 9.17) is 4.74 Å². The average Bonchev–Trinajstić information content (AvgIpc) is 3.19. The van der Waals surface area contributed by atoms with Crippen LogP contribution in [0.1, 0.15) is 22.3 Å². The molecule has 4 aromatic rings. The number of benzene rings is 4. The molecule has 29 heavy (non-hydrogen) atoms. The zero-order valence-electron chi connectivity index (χ0n) is 15.7. The molecular weight excluding hydrogens is 488 g/mol. The van der Waals surface area contributed by atoms with Crippen LogP contribution in [0.25, 0.3) is 22.3 Å². The topological polar surface area (TPSA) is 9.23 Å². The molecule has 2 aliphatic carbocycles. The van der Waals surface area contributed by atoms with Crippen LogP contribution in [0.4, 0.5) is 0 Å². The van der Waals surface area contributed by atoms with E-state index in [1.54, 1.807) is 7.11 Å². The van der Waals surface area contributed by atoms with Crippen molar-refractivity contribution in [1.29, 1.82) is 0 Å². The molecular formula is C26H16Br2O. The molecule has 4 aromatic carbocycles. The Labute approximate surface area is 186 Å². The lowest BCUT2D eigenvalue weighted by molar-refractivity contribution is 0.414. The lowest BCUT2D eigenvalue weighted by Gasteiger charge is -2.30. The minimum atomic E-state index is -0.349. The zero-order valence-corrected chi connectivity index (χ0v) is 18.8. The third-order valence-corrected chi connectivity index (χ3v) is 7.30. The second kappa shape index (κ2) is 6.07. The van der Waals surface area contributed by atoms with E-state index < -0.39 is 0 Å². The molecule has 0 fully saturated rings. The van der Waals surface area contributed by atoms with Crippen LogP contribution in [0.5, 0.6) is 5.75 Å². The highest BCUT2D eigenvalue weighted by Crippen LogP contribution is 2.63. The van der Waals surface area contributed by atoms with Crippen LogP contribution in [0.15, 0.2) is 87.8 Å². The molecule has 1 spiro atoms. The first kappa shape index (κ1) is 17.5. The van der Waals surface area contributed by atoms with Gasteiger partial charge in [0.05, 0.1) is 12.5 Å². The summed E-state index contributed by atoms with van der Waals surface area (Å²) in [6.07, 6.45) is 0. The van der Waals surface area contributed by atoms with E-state index in [9.17, 15) is 0 Å². The van der Waals surface area contributed by atoms with Gasteiger partial charge in [-0.1, -0.05) is 74.3 Å². The van der Waals surface area contributed by atoms with Gasteiger partial charge in [-0.3, -0.25) is 0 Å². The first-order chi connectivity index (χ1) is 14.1. The summed E-state index contributed by atoms with van der Waals surface area (Å²) in [6.45, 7) is 0. The van der Waals surface area contributed by atoms with E-state index in [0.29, 0.717) is 0 Å². The van der Waals surface area contributed by atoms with Gasteiger partial charge in [0.25, 0.3) is 0 Å². The predicted octanol–water partition coefficient (Wildman–Crippen LogP) is 7.56. The molecule has 2 aliphatic rings. The highest BCUT2D eigenvalue weighted by molar-refractivity contribution is 9.10. The third kappa shape index (κ3) is 2.15. The van der Waals surface area contributed by atoms with Gasteiger partial charge in [0, 0.05) is 8.95 Å². The first-order valence-electron chi connectivity index (χ1n) is 9.53. The van der Waals surface area contributed by atoms with Crippen molar-refractivity contribution in [1.82, 2.24) is 0 Å². The lowest BCUT2D eigenvalue weighted by Crippen LogP contribution is -2.26. The number of hydrogen-bond donors (Lipinski definition) is 0. The molecule has 140 valence electrons. The van der Waals surface area contributed by atoms with Crippen LogP contribution in [-0.4, -0.2) is 7.11 Å².